The van der Waals surface area contributed by atoms with Crippen molar-refractivity contribution in [3.8, 4) is 0 Å². The Morgan fingerprint density at radius 1 is 1.45 bits per heavy atom. The average molecular weight is 304 g/mol. The number of aromatic nitrogens is 2. The van der Waals surface area contributed by atoms with Gasteiger partial charge >= 0.3 is 5.97 Å². The molecule has 120 valence electrons. The van der Waals surface area contributed by atoms with Crippen molar-refractivity contribution in [2.24, 2.45) is 5.92 Å². The van der Waals surface area contributed by atoms with Crippen molar-refractivity contribution in [2.45, 2.75) is 52.0 Å². The predicted octanol–water partition coefficient (Wildman–Crippen LogP) is 2.95. The number of hydrogen-bond acceptors (Lipinski definition) is 4. The Labute approximate surface area is 131 Å². The minimum atomic E-state index is -0.428. The van der Waals surface area contributed by atoms with Crippen LogP contribution in [0, 0.1) is 5.92 Å². The zero-order valence-electron chi connectivity index (χ0n) is 13.8. The third-order valence-corrected chi connectivity index (χ3v) is 4.36. The number of rotatable bonds is 5. The molecule has 1 aromatic heterocycles. The minimum absolute atomic E-state index is 0.162. The molecule has 1 aliphatic rings. The van der Waals surface area contributed by atoms with Crippen LogP contribution in [0.15, 0.2) is 18.5 Å². The Bertz CT molecular complexity index is 599. The van der Waals surface area contributed by atoms with Crippen LogP contribution in [0.4, 0.5) is 0 Å². The molecule has 1 atom stereocenters. The summed E-state index contributed by atoms with van der Waals surface area (Å²) in [5.41, 5.74) is 1.88. The molecular formula is C17H24N2O3. The number of ether oxygens (including phenoxy) is 1. The number of carbonyl (C=O) groups is 2. The maximum atomic E-state index is 11.5. The zero-order valence-corrected chi connectivity index (χ0v) is 13.8. The summed E-state index contributed by atoms with van der Waals surface area (Å²) in [7, 11) is 1.39. The van der Waals surface area contributed by atoms with Crippen molar-refractivity contribution in [3.05, 3.63) is 24.0 Å². The molecule has 0 N–H and O–H groups in total. The van der Waals surface area contributed by atoms with Crippen molar-refractivity contribution >= 4 is 17.3 Å². The van der Waals surface area contributed by atoms with E-state index in [-0.39, 0.29) is 24.1 Å². The number of Topliss-reactive ketones (excluding diaryl/α,β-unsaturated/α-hetero) is 1. The lowest BCUT2D eigenvalue weighted by Gasteiger charge is -2.24. The van der Waals surface area contributed by atoms with Crippen LogP contribution in [-0.2, 0) is 19.9 Å². The number of esters is 1. The normalized spacial score (nSPS) is 18.7. The Hall–Kier alpha value is -1.91. The summed E-state index contributed by atoms with van der Waals surface area (Å²) in [6.07, 6.45) is 8.83. The highest BCUT2D eigenvalue weighted by Crippen LogP contribution is 2.31. The van der Waals surface area contributed by atoms with E-state index < -0.39 is 5.54 Å². The van der Waals surface area contributed by atoms with Gasteiger partial charge in [-0.05, 0) is 45.6 Å². The van der Waals surface area contributed by atoms with Crippen molar-refractivity contribution in [3.63, 3.8) is 0 Å². The monoisotopic (exact) mass is 304 g/mol. The summed E-state index contributed by atoms with van der Waals surface area (Å²) in [5.74, 6) is 0.183. The first-order valence-electron chi connectivity index (χ1n) is 7.65. The molecule has 0 saturated heterocycles. The first-order valence-corrected chi connectivity index (χ1v) is 7.65. The largest absolute Gasteiger partial charge is 0.469 e. The highest BCUT2D eigenvalue weighted by Gasteiger charge is 2.26. The van der Waals surface area contributed by atoms with E-state index in [9.17, 15) is 9.59 Å². The third kappa shape index (κ3) is 3.64. The quantitative estimate of drug-likeness (QED) is 0.785. The van der Waals surface area contributed by atoms with Crippen LogP contribution in [0.2, 0.25) is 0 Å². The summed E-state index contributed by atoms with van der Waals surface area (Å²) in [6.45, 7) is 5.58. The standard InChI is InChI=1S/C17H24N2O3/c1-12(20)13-5-7-14(8-6-13)15-10-18-19(11-15)17(2,3)9-16(21)22-4/h7,10-11,13H,5-6,8-9H2,1-4H3. The van der Waals surface area contributed by atoms with Gasteiger partial charge in [0, 0.05) is 17.7 Å². The molecule has 0 radical (unpaired) electrons. The zero-order chi connectivity index (χ0) is 16.3. The van der Waals surface area contributed by atoms with Crippen molar-refractivity contribution in [1.82, 2.24) is 9.78 Å². The summed E-state index contributed by atoms with van der Waals surface area (Å²) < 4.78 is 6.56. The molecule has 22 heavy (non-hydrogen) atoms. The van der Waals surface area contributed by atoms with Gasteiger partial charge in [0.1, 0.15) is 5.78 Å². The SMILES string of the molecule is COC(=O)CC(C)(C)n1cc(C2=CCC(C(C)=O)CC2)cn1. The van der Waals surface area contributed by atoms with E-state index in [1.54, 1.807) is 6.92 Å². The highest BCUT2D eigenvalue weighted by molar-refractivity contribution is 5.80. The number of carbonyl (C=O) groups excluding carboxylic acids is 2. The van der Waals surface area contributed by atoms with E-state index in [1.807, 2.05) is 30.9 Å². The number of allylic oxidation sites excluding steroid dienone is 2. The third-order valence-electron chi connectivity index (χ3n) is 4.36. The second-order valence-electron chi connectivity index (χ2n) is 6.55. The molecule has 1 heterocycles. The van der Waals surface area contributed by atoms with Gasteiger partial charge in [-0.1, -0.05) is 6.08 Å². The molecule has 1 unspecified atom stereocenters. The topological polar surface area (TPSA) is 61.2 Å². The molecule has 5 heteroatoms. The first-order chi connectivity index (χ1) is 10.3. The minimum Gasteiger partial charge on any atom is -0.469 e. The van der Waals surface area contributed by atoms with Gasteiger partial charge in [0.05, 0.1) is 25.3 Å². The number of hydrogen-bond donors (Lipinski definition) is 0. The molecule has 1 aromatic rings. The van der Waals surface area contributed by atoms with E-state index >= 15 is 0 Å². The molecule has 0 fully saturated rings. The van der Waals surface area contributed by atoms with Crippen LogP contribution >= 0.6 is 0 Å². The van der Waals surface area contributed by atoms with E-state index in [1.165, 1.54) is 12.7 Å². The molecule has 5 nitrogen and oxygen atoms in total. The second kappa shape index (κ2) is 6.46. The van der Waals surface area contributed by atoms with Crippen LogP contribution < -0.4 is 0 Å². The molecule has 2 rings (SSSR count). The Morgan fingerprint density at radius 2 is 2.18 bits per heavy atom. The van der Waals surface area contributed by atoms with E-state index in [4.69, 9.17) is 4.74 Å². The van der Waals surface area contributed by atoms with Gasteiger partial charge in [0.2, 0.25) is 0 Å². The van der Waals surface area contributed by atoms with Gasteiger partial charge in [-0.25, -0.2) is 0 Å². The smallest absolute Gasteiger partial charge is 0.307 e. The Balaban J connectivity index is 2.12. The van der Waals surface area contributed by atoms with Crippen molar-refractivity contribution in [1.29, 1.82) is 0 Å². The van der Waals surface area contributed by atoms with E-state index in [2.05, 4.69) is 11.2 Å². The molecule has 0 aromatic carbocycles. The first kappa shape index (κ1) is 16.5. The lowest BCUT2D eigenvalue weighted by molar-refractivity contribution is -0.142. The van der Waals surface area contributed by atoms with Gasteiger partial charge < -0.3 is 4.74 Å². The fraction of sp³-hybridized carbons (Fsp3) is 0.588. The molecule has 0 spiro atoms. The molecule has 0 amide bonds. The fourth-order valence-corrected chi connectivity index (χ4v) is 2.79. The molecule has 0 aliphatic heterocycles. The van der Waals surface area contributed by atoms with E-state index in [0.29, 0.717) is 0 Å². The fourth-order valence-electron chi connectivity index (χ4n) is 2.79. The molecular weight excluding hydrogens is 280 g/mol. The molecule has 0 bridgehead atoms. The van der Waals surface area contributed by atoms with Gasteiger partial charge in [-0.2, -0.15) is 5.10 Å². The van der Waals surface area contributed by atoms with Gasteiger partial charge in [-0.15, -0.1) is 0 Å². The number of ketones is 1. The number of methoxy groups -OCH3 is 1. The molecule has 1 aliphatic carbocycles. The van der Waals surface area contributed by atoms with Gasteiger partial charge in [-0.3, -0.25) is 14.3 Å². The highest BCUT2D eigenvalue weighted by atomic mass is 16.5. The summed E-state index contributed by atoms with van der Waals surface area (Å²) >= 11 is 0. The Morgan fingerprint density at radius 3 is 2.73 bits per heavy atom. The maximum absolute atomic E-state index is 11.5. The average Bonchev–Trinajstić information content (AvgIpc) is 2.97. The maximum Gasteiger partial charge on any atom is 0.307 e. The van der Waals surface area contributed by atoms with Crippen LogP contribution in [0.3, 0.4) is 0 Å². The van der Waals surface area contributed by atoms with Crippen molar-refractivity contribution < 1.29 is 14.3 Å². The summed E-state index contributed by atoms with van der Waals surface area (Å²) in [4.78, 5) is 22.9. The van der Waals surface area contributed by atoms with Crippen molar-refractivity contribution in [2.75, 3.05) is 7.11 Å². The van der Waals surface area contributed by atoms with Crippen LogP contribution in [-0.4, -0.2) is 28.6 Å². The van der Waals surface area contributed by atoms with Crippen LogP contribution in [0.1, 0.15) is 52.0 Å². The second-order valence-corrected chi connectivity index (χ2v) is 6.55. The van der Waals surface area contributed by atoms with Crippen LogP contribution in [0.5, 0.6) is 0 Å². The lowest BCUT2D eigenvalue weighted by atomic mass is 9.85. The van der Waals surface area contributed by atoms with Gasteiger partial charge in [0.25, 0.3) is 0 Å². The molecule has 0 saturated carbocycles. The summed E-state index contributed by atoms with van der Waals surface area (Å²) in [6, 6.07) is 0. The van der Waals surface area contributed by atoms with E-state index in [0.717, 1.165) is 24.8 Å². The Kier molecular flexibility index (Phi) is 4.84. The lowest BCUT2D eigenvalue weighted by Crippen LogP contribution is -2.30. The number of nitrogens with zero attached hydrogens (tertiary/aromatic N) is 2. The predicted molar refractivity (Wildman–Crippen MR) is 84.2 cm³/mol. The van der Waals surface area contributed by atoms with Crippen LogP contribution in [0.25, 0.3) is 5.57 Å². The summed E-state index contributed by atoms with van der Waals surface area (Å²) in [5, 5.41) is 4.41. The van der Waals surface area contributed by atoms with Gasteiger partial charge in [0.15, 0.2) is 0 Å².